The molecule has 1 fully saturated rings. The zero-order chi connectivity index (χ0) is 21.4. The third-order valence-electron chi connectivity index (χ3n) is 6.29. The van der Waals surface area contributed by atoms with Crippen LogP contribution in [0.2, 0.25) is 0 Å². The van der Waals surface area contributed by atoms with E-state index in [2.05, 4.69) is 17.1 Å². The Labute approximate surface area is 180 Å². The van der Waals surface area contributed by atoms with Crippen LogP contribution in [0, 0.1) is 28.1 Å². The molecule has 1 saturated heterocycles. The summed E-state index contributed by atoms with van der Waals surface area (Å²) in [5.74, 6) is -0.776. The molecule has 0 bridgehead atoms. The molecule has 1 aromatic heterocycles. The van der Waals surface area contributed by atoms with Crippen molar-refractivity contribution in [1.82, 2.24) is 4.98 Å². The summed E-state index contributed by atoms with van der Waals surface area (Å²) in [5, 5.41) is 20.7. The molecular formula is C26H18N4O. The summed E-state index contributed by atoms with van der Waals surface area (Å²) in [6.07, 6.45) is 7.13. The third kappa shape index (κ3) is 2.68. The molecule has 5 rings (SSSR count). The Bertz CT molecular complexity index is 1240. The van der Waals surface area contributed by atoms with Gasteiger partial charge in [-0.25, -0.2) is 0 Å². The van der Waals surface area contributed by atoms with Gasteiger partial charge in [-0.05, 0) is 23.3 Å². The largest absolute Gasteiger partial charge is 0.351 e. The molecule has 5 heteroatoms. The summed E-state index contributed by atoms with van der Waals surface area (Å²) < 4.78 is 0. The van der Waals surface area contributed by atoms with Crippen LogP contribution in [0.5, 0.6) is 0 Å². The number of pyridine rings is 1. The first kappa shape index (κ1) is 18.8. The van der Waals surface area contributed by atoms with Gasteiger partial charge in [-0.2, -0.15) is 10.5 Å². The smallest absolute Gasteiger partial charge is 0.185 e. The van der Waals surface area contributed by atoms with Gasteiger partial charge in [0, 0.05) is 29.6 Å². The fourth-order valence-corrected chi connectivity index (χ4v) is 4.94. The number of carbonyl (C=O) groups is 1. The molecule has 0 amide bonds. The molecule has 0 spiro atoms. The fraction of sp³-hybridized carbons (Fsp3) is 0.154. The molecule has 5 nitrogen and oxygen atoms in total. The topological polar surface area (TPSA) is 80.8 Å². The lowest BCUT2D eigenvalue weighted by molar-refractivity contribution is 0.0951. The van der Waals surface area contributed by atoms with E-state index in [1.54, 1.807) is 30.6 Å². The van der Waals surface area contributed by atoms with Crippen molar-refractivity contribution in [2.45, 2.75) is 18.0 Å². The lowest BCUT2D eigenvalue weighted by Gasteiger charge is -2.35. The second kappa shape index (κ2) is 7.23. The van der Waals surface area contributed by atoms with E-state index in [9.17, 15) is 15.3 Å². The van der Waals surface area contributed by atoms with E-state index in [1.165, 1.54) is 0 Å². The summed E-state index contributed by atoms with van der Waals surface area (Å²) in [4.78, 5) is 20.1. The van der Waals surface area contributed by atoms with Crippen molar-refractivity contribution in [2.24, 2.45) is 5.41 Å². The highest BCUT2D eigenvalue weighted by Gasteiger charge is 2.63. The SMILES string of the molecule is N#CC1(C#N)[C@H](c2cccnc2)[C@H](C(=O)c2ccccc2)N2c3ccccc3C=C[C@@H]21. The highest BCUT2D eigenvalue weighted by atomic mass is 16.1. The molecule has 3 atom stereocenters. The number of anilines is 1. The Morgan fingerprint density at radius 2 is 1.71 bits per heavy atom. The van der Waals surface area contributed by atoms with E-state index >= 15 is 0 Å². The van der Waals surface area contributed by atoms with Crippen molar-refractivity contribution in [2.75, 3.05) is 4.90 Å². The predicted molar refractivity (Wildman–Crippen MR) is 117 cm³/mol. The van der Waals surface area contributed by atoms with Crippen molar-refractivity contribution in [3.8, 4) is 12.1 Å². The number of Topliss-reactive ketones (excluding diaryl/α,β-unsaturated/α-hetero) is 1. The van der Waals surface area contributed by atoms with Crippen LogP contribution in [0.15, 0.2) is 85.2 Å². The Morgan fingerprint density at radius 3 is 2.42 bits per heavy atom. The zero-order valence-corrected chi connectivity index (χ0v) is 16.6. The van der Waals surface area contributed by atoms with Gasteiger partial charge in [0.2, 0.25) is 0 Å². The van der Waals surface area contributed by atoms with E-state index < -0.39 is 23.4 Å². The minimum Gasteiger partial charge on any atom is -0.351 e. The second-order valence-electron chi connectivity index (χ2n) is 7.80. The summed E-state index contributed by atoms with van der Waals surface area (Å²) in [6, 6.07) is 23.8. The van der Waals surface area contributed by atoms with Gasteiger partial charge in [0.05, 0.1) is 18.2 Å². The Kier molecular flexibility index (Phi) is 4.38. The molecular weight excluding hydrogens is 384 g/mol. The van der Waals surface area contributed by atoms with Crippen molar-refractivity contribution >= 4 is 17.5 Å². The maximum Gasteiger partial charge on any atom is 0.185 e. The zero-order valence-electron chi connectivity index (χ0n) is 16.6. The maximum atomic E-state index is 13.9. The van der Waals surface area contributed by atoms with Crippen molar-refractivity contribution in [1.29, 1.82) is 10.5 Å². The minimum absolute atomic E-state index is 0.114. The van der Waals surface area contributed by atoms with Crippen LogP contribution in [0.25, 0.3) is 6.08 Å². The van der Waals surface area contributed by atoms with Crippen molar-refractivity contribution in [3.63, 3.8) is 0 Å². The van der Waals surface area contributed by atoms with Crippen LogP contribution < -0.4 is 4.90 Å². The van der Waals surface area contributed by atoms with Gasteiger partial charge in [0.15, 0.2) is 11.2 Å². The highest BCUT2D eigenvalue weighted by molar-refractivity contribution is 6.04. The molecule has 31 heavy (non-hydrogen) atoms. The predicted octanol–water partition coefficient (Wildman–Crippen LogP) is 4.37. The number of hydrogen-bond donors (Lipinski definition) is 0. The highest BCUT2D eigenvalue weighted by Crippen LogP contribution is 2.55. The molecule has 148 valence electrons. The number of aromatic nitrogens is 1. The number of fused-ring (bicyclic) bond motifs is 3. The molecule has 2 aliphatic heterocycles. The molecule has 3 heterocycles. The minimum atomic E-state index is -1.44. The van der Waals surface area contributed by atoms with Gasteiger partial charge in [0.1, 0.15) is 6.04 Å². The van der Waals surface area contributed by atoms with Gasteiger partial charge in [-0.3, -0.25) is 9.78 Å². The summed E-state index contributed by atoms with van der Waals surface area (Å²) in [7, 11) is 0. The van der Waals surface area contributed by atoms with Crippen LogP contribution in [0.3, 0.4) is 0 Å². The Balaban J connectivity index is 1.79. The van der Waals surface area contributed by atoms with Crippen LogP contribution >= 0.6 is 0 Å². The van der Waals surface area contributed by atoms with Crippen LogP contribution in [-0.2, 0) is 0 Å². The number of carbonyl (C=O) groups excluding carboxylic acids is 1. The van der Waals surface area contributed by atoms with Crippen molar-refractivity contribution < 1.29 is 4.79 Å². The van der Waals surface area contributed by atoms with E-state index in [0.717, 1.165) is 11.3 Å². The summed E-state index contributed by atoms with van der Waals surface area (Å²) in [5.41, 5.74) is 1.63. The van der Waals surface area contributed by atoms with Gasteiger partial charge >= 0.3 is 0 Å². The first-order valence-corrected chi connectivity index (χ1v) is 10.1. The molecule has 0 aliphatic carbocycles. The second-order valence-corrected chi connectivity index (χ2v) is 7.80. The number of para-hydroxylation sites is 1. The van der Waals surface area contributed by atoms with E-state index in [0.29, 0.717) is 11.1 Å². The molecule has 2 aliphatic rings. The first-order valence-electron chi connectivity index (χ1n) is 10.1. The Hall–Kier alpha value is -4.22. The number of rotatable bonds is 3. The van der Waals surface area contributed by atoms with Crippen molar-refractivity contribution in [3.05, 3.63) is 102 Å². The van der Waals surface area contributed by atoms with Crippen LogP contribution in [0.1, 0.15) is 27.4 Å². The quantitative estimate of drug-likeness (QED) is 0.608. The lowest BCUT2D eigenvalue weighted by atomic mass is 9.69. The number of nitriles is 2. The third-order valence-corrected chi connectivity index (χ3v) is 6.29. The molecule has 0 radical (unpaired) electrons. The fourth-order valence-electron chi connectivity index (χ4n) is 4.94. The standard InChI is InChI=1S/C26H18N4O/c27-16-26(17-28)22-13-12-18-7-4-5-11-21(18)30(22)24(23(26)20-10-6-14-29-15-20)25(31)19-8-2-1-3-9-19/h1-15,22-24H/t22-,23-,24-/m1/s1. The van der Waals surface area contributed by atoms with E-state index in [-0.39, 0.29) is 5.78 Å². The van der Waals surface area contributed by atoms with Crippen LogP contribution in [-0.4, -0.2) is 22.9 Å². The normalized spacial score (nSPS) is 22.6. The van der Waals surface area contributed by atoms with Crippen LogP contribution in [0.4, 0.5) is 5.69 Å². The lowest BCUT2D eigenvalue weighted by Crippen LogP contribution is -2.44. The molecule has 3 aromatic rings. The average molecular weight is 402 g/mol. The summed E-state index contributed by atoms with van der Waals surface area (Å²) in [6.45, 7) is 0. The summed E-state index contributed by atoms with van der Waals surface area (Å²) >= 11 is 0. The number of benzene rings is 2. The van der Waals surface area contributed by atoms with Gasteiger partial charge in [-0.1, -0.05) is 66.7 Å². The number of ketones is 1. The molecule has 0 N–H and O–H groups in total. The molecule has 2 aromatic carbocycles. The monoisotopic (exact) mass is 402 g/mol. The van der Waals surface area contributed by atoms with E-state index in [1.807, 2.05) is 65.6 Å². The van der Waals surface area contributed by atoms with Gasteiger partial charge in [-0.15, -0.1) is 0 Å². The molecule has 0 unspecified atom stereocenters. The maximum absolute atomic E-state index is 13.9. The Morgan fingerprint density at radius 1 is 0.968 bits per heavy atom. The van der Waals surface area contributed by atoms with E-state index in [4.69, 9.17) is 0 Å². The van der Waals surface area contributed by atoms with Gasteiger partial charge in [0.25, 0.3) is 0 Å². The van der Waals surface area contributed by atoms with Gasteiger partial charge < -0.3 is 4.90 Å². The first-order chi connectivity index (χ1) is 15.2. The average Bonchev–Trinajstić information content (AvgIpc) is 3.15. The number of nitrogens with zero attached hydrogens (tertiary/aromatic N) is 4. The molecule has 0 saturated carbocycles. The number of hydrogen-bond acceptors (Lipinski definition) is 5.